The van der Waals surface area contributed by atoms with Crippen LogP contribution in [0.15, 0.2) is 192 Å². The smallest absolute Gasteiger partial charge is 0.136 e. The van der Waals surface area contributed by atoms with Crippen LogP contribution in [0.1, 0.15) is 25.0 Å². The van der Waals surface area contributed by atoms with E-state index in [1.165, 1.54) is 66.1 Å². The molecule has 0 amide bonds. The molecule has 260 valence electrons. The maximum atomic E-state index is 6.30. The predicted octanol–water partition coefficient (Wildman–Crippen LogP) is 15.0. The maximum absolute atomic E-state index is 6.30. The van der Waals surface area contributed by atoms with Gasteiger partial charge in [-0.15, -0.1) is 0 Å². The van der Waals surface area contributed by atoms with Crippen molar-refractivity contribution in [1.82, 2.24) is 0 Å². The van der Waals surface area contributed by atoms with Crippen molar-refractivity contribution in [3.63, 3.8) is 0 Å². The molecule has 9 aromatic carbocycles. The minimum absolute atomic E-state index is 0.123. The van der Waals surface area contributed by atoms with Crippen molar-refractivity contribution in [2.75, 3.05) is 4.90 Å². The highest BCUT2D eigenvalue weighted by molar-refractivity contribution is 6.17. The summed E-state index contributed by atoms with van der Waals surface area (Å²) in [5.74, 6) is 0. The van der Waals surface area contributed by atoms with Gasteiger partial charge >= 0.3 is 0 Å². The summed E-state index contributed by atoms with van der Waals surface area (Å²) >= 11 is 0. The third kappa shape index (κ3) is 4.95. The molecule has 0 aliphatic heterocycles. The second-order valence-corrected chi connectivity index (χ2v) is 15.3. The molecule has 0 radical (unpaired) electrons. The summed E-state index contributed by atoms with van der Waals surface area (Å²) in [7, 11) is 0. The number of hydrogen-bond acceptors (Lipinski definition) is 2. The second-order valence-electron chi connectivity index (χ2n) is 15.3. The molecule has 0 fully saturated rings. The maximum Gasteiger partial charge on any atom is 0.136 e. The van der Waals surface area contributed by atoms with Crippen molar-refractivity contribution < 1.29 is 4.42 Å². The summed E-state index contributed by atoms with van der Waals surface area (Å²) in [4.78, 5) is 2.44. The minimum Gasteiger partial charge on any atom is -0.456 e. The quantitative estimate of drug-likeness (QED) is 0.166. The van der Waals surface area contributed by atoms with Crippen LogP contribution in [0.2, 0.25) is 0 Å². The molecule has 0 saturated carbocycles. The lowest BCUT2D eigenvalue weighted by molar-refractivity contribution is 0.660. The van der Waals surface area contributed by atoms with Gasteiger partial charge in [-0.3, -0.25) is 0 Å². The Balaban J connectivity index is 1.13. The van der Waals surface area contributed by atoms with Gasteiger partial charge in [-0.05, 0) is 121 Å². The van der Waals surface area contributed by atoms with Crippen molar-refractivity contribution >= 4 is 60.5 Å². The Morgan fingerprint density at radius 1 is 0.364 bits per heavy atom. The highest BCUT2D eigenvalue weighted by Gasteiger charge is 2.35. The van der Waals surface area contributed by atoms with Gasteiger partial charge in [-0.25, -0.2) is 0 Å². The molecule has 0 bridgehead atoms. The molecule has 0 spiro atoms. The Morgan fingerprint density at radius 3 is 1.85 bits per heavy atom. The zero-order valence-electron chi connectivity index (χ0n) is 30.8. The van der Waals surface area contributed by atoms with Gasteiger partial charge in [0.1, 0.15) is 11.2 Å². The van der Waals surface area contributed by atoms with Gasteiger partial charge in [0.05, 0.1) is 0 Å². The number of fused-ring (bicyclic) bond motifs is 9. The number of rotatable bonds is 5. The number of nitrogens with zero attached hydrogens (tertiary/aromatic N) is 1. The molecule has 2 heteroatoms. The van der Waals surface area contributed by atoms with E-state index in [1.807, 2.05) is 6.07 Å². The van der Waals surface area contributed by atoms with Crippen LogP contribution >= 0.6 is 0 Å². The van der Waals surface area contributed by atoms with Gasteiger partial charge in [-0.2, -0.15) is 0 Å². The van der Waals surface area contributed by atoms with Gasteiger partial charge < -0.3 is 9.32 Å². The van der Waals surface area contributed by atoms with E-state index in [2.05, 4.69) is 201 Å². The SMILES string of the molecule is CC1(C)c2ccccc2-c2ccc(N(c3cccc(-c4ccccc4-c4ccccc4)c3)c3ccc4ccc5cc6oc7ccccc7c6cc5c4c3)cc21. The lowest BCUT2D eigenvalue weighted by Gasteiger charge is -2.29. The van der Waals surface area contributed by atoms with Crippen LogP contribution in [-0.2, 0) is 5.41 Å². The zero-order chi connectivity index (χ0) is 36.7. The Morgan fingerprint density at radius 2 is 0.982 bits per heavy atom. The molecule has 0 unspecified atom stereocenters. The number of benzene rings is 9. The molecule has 1 aliphatic carbocycles. The third-order valence-electron chi connectivity index (χ3n) is 11.8. The minimum atomic E-state index is -0.123. The van der Waals surface area contributed by atoms with Gasteiger partial charge in [0, 0.05) is 33.2 Å². The third-order valence-corrected chi connectivity index (χ3v) is 11.8. The average molecular weight is 704 g/mol. The topological polar surface area (TPSA) is 16.4 Å². The lowest BCUT2D eigenvalue weighted by atomic mass is 9.82. The van der Waals surface area contributed by atoms with Crippen molar-refractivity contribution in [2.45, 2.75) is 19.3 Å². The fraction of sp³-hybridized carbons (Fsp3) is 0.0566. The second kappa shape index (κ2) is 12.1. The standard InChI is InChI=1S/C53H37NO/c1-53(2)49-21-10-8-19-43(49)44-28-27-40(32-50(44)53)54(38-16-12-15-36(29-38)42-18-7-6-17-41(42)34-13-4-3-5-14-34)39-26-25-35-23-24-37-30-52-48(33-47(37)46(35)31-39)45-20-9-11-22-51(45)55-52/h3-33H,1-2H3. The van der Waals surface area contributed by atoms with E-state index in [0.29, 0.717) is 0 Å². The molecule has 2 nitrogen and oxygen atoms in total. The average Bonchev–Trinajstić information content (AvgIpc) is 3.71. The van der Waals surface area contributed by atoms with E-state index in [9.17, 15) is 0 Å². The molecule has 11 rings (SSSR count). The van der Waals surface area contributed by atoms with Gasteiger partial charge in [-0.1, -0.05) is 147 Å². The van der Waals surface area contributed by atoms with Crippen LogP contribution < -0.4 is 4.90 Å². The number of furan rings is 1. The van der Waals surface area contributed by atoms with E-state index in [0.717, 1.165) is 39.0 Å². The number of hydrogen-bond donors (Lipinski definition) is 0. The van der Waals surface area contributed by atoms with Crippen LogP contribution in [-0.4, -0.2) is 0 Å². The fourth-order valence-corrected chi connectivity index (χ4v) is 9.10. The highest BCUT2D eigenvalue weighted by atomic mass is 16.3. The van der Waals surface area contributed by atoms with Crippen molar-refractivity contribution in [2.24, 2.45) is 0 Å². The first kappa shape index (κ1) is 31.6. The molecule has 1 aliphatic rings. The highest BCUT2D eigenvalue weighted by Crippen LogP contribution is 2.51. The van der Waals surface area contributed by atoms with Gasteiger partial charge in [0.2, 0.25) is 0 Å². The van der Waals surface area contributed by atoms with E-state index in [1.54, 1.807) is 0 Å². The van der Waals surface area contributed by atoms with Crippen LogP contribution in [0.5, 0.6) is 0 Å². The Hall–Kier alpha value is -6.90. The summed E-state index contributed by atoms with van der Waals surface area (Å²) in [5, 5.41) is 7.09. The summed E-state index contributed by atoms with van der Waals surface area (Å²) < 4.78 is 6.30. The van der Waals surface area contributed by atoms with Crippen LogP contribution in [0.25, 0.3) is 76.9 Å². The van der Waals surface area contributed by atoms with E-state index in [4.69, 9.17) is 4.42 Å². The molecule has 1 heterocycles. The largest absolute Gasteiger partial charge is 0.456 e. The fourth-order valence-electron chi connectivity index (χ4n) is 9.10. The first-order chi connectivity index (χ1) is 27.0. The first-order valence-corrected chi connectivity index (χ1v) is 19.1. The number of anilines is 3. The summed E-state index contributed by atoms with van der Waals surface area (Å²) in [6, 6.07) is 68.6. The summed E-state index contributed by atoms with van der Waals surface area (Å²) in [6.45, 7) is 4.71. The monoisotopic (exact) mass is 703 g/mol. The molecule has 55 heavy (non-hydrogen) atoms. The zero-order valence-corrected chi connectivity index (χ0v) is 30.8. The summed E-state index contributed by atoms with van der Waals surface area (Å²) in [5.41, 5.74) is 15.3. The normalized spacial score (nSPS) is 13.1. The van der Waals surface area contributed by atoms with Gasteiger partial charge in [0.25, 0.3) is 0 Å². The molecule has 1 aromatic heterocycles. The Bertz CT molecular complexity index is 3130. The molecular weight excluding hydrogens is 667 g/mol. The van der Waals surface area contributed by atoms with Crippen molar-refractivity contribution in [3.05, 3.63) is 199 Å². The Labute approximate surface area is 320 Å². The van der Waals surface area contributed by atoms with E-state index >= 15 is 0 Å². The van der Waals surface area contributed by atoms with Gasteiger partial charge in [0.15, 0.2) is 0 Å². The van der Waals surface area contributed by atoms with Crippen LogP contribution in [0.3, 0.4) is 0 Å². The summed E-state index contributed by atoms with van der Waals surface area (Å²) in [6.07, 6.45) is 0. The van der Waals surface area contributed by atoms with Crippen molar-refractivity contribution in [1.29, 1.82) is 0 Å². The molecule has 0 saturated heterocycles. The Kier molecular flexibility index (Phi) is 6.93. The lowest BCUT2D eigenvalue weighted by Crippen LogP contribution is -2.16. The molecule has 10 aromatic rings. The number of para-hydroxylation sites is 1. The van der Waals surface area contributed by atoms with Crippen molar-refractivity contribution in [3.8, 4) is 33.4 Å². The molecule has 0 N–H and O–H groups in total. The first-order valence-electron chi connectivity index (χ1n) is 19.1. The molecule has 0 atom stereocenters. The van der Waals surface area contributed by atoms with E-state index in [-0.39, 0.29) is 5.41 Å². The van der Waals surface area contributed by atoms with Crippen LogP contribution in [0.4, 0.5) is 17.1 Å². The predicted molar refractivity (Wildman–Crippen MR) is 232 cm³/mol. The molecular formula is C53H37NO. The van der Waals surface area contributed by atoms with Crippen LogP contribution in [0, 0.1) is 0 Å². The van der Waals surface area contributed by atoms with E-state index < -0.39 is 0 Å².